The Bertz CT molecular complexity index is 534. The van der Waals surface area contributed by atoms with Crippen molar-refractivity contribution in [1.82, 2.24) is 0 Å². The van der Waals surface area contributed by atoms with Crippen molar-refractivity contribution in [2.45, 2.75) is 19.9 Å². The van der Waals surface area contributed by atoms with Crippen LogP contribution in [0.2, 0.25) is 0 Å². The number of hydrogen-bond donors (Lipinski definition) is 1. The van der Waals surface area contributed by atoms with E-state index in [-0.39, 0.29) is 12.4 Å². The van der Waals surface area contributed by atoms with Gasteiger partial charge in [0, 0.05) is 25.5 Å². The molecule has 0 saturated heterocycles. The van der Waals surface area contributed by atoms with Gasteiger partial charge in [0.1, 0.15) is 0 Å². The smallest absolute Gasteiger partial charge is 0.227 e. The van der Waals surface area contributed by atoms with Crippen LogP contribution in [0.3, 0.4) is 0 Å². The van der Waals surface area contributed by atoms with E-state index in [4.69, 9.17) is 5.11 Å². The first-order valence-corrected chi connectivity index (χ1v) is 6.76. The number of Topliss-reactive ketones (excluding diaryl/α,β-unsaturated/α-hetero) is 1. The van der Waals surface area contributed by atoms with Crippen LogP contribution in [-0.2, 0) is 13.0 Å². The fourth-order valence-corrected chi connectivity index (χ4v) is 2.80. The predicted octanol–water partition coefficient (Wildman–Crippen LogP) is 1.76. The first-order chi connectivity index (χ1) is 8.72. The topological polar surface area (TPSA) is 41.2 Å². The van der Waals surface area contributed by atoms with Gasteiger partial charge in [-0.2, -0.15) is 4.57 Å². The summed E-state index contributed by atoms with van der Waals surface area (Å²) in [5.41, 5.74) is 3.75. The van der Waals surface area contributed by atoms with Crippen LogP contribution < -0.4 is 4.57 Å². The van der Waals surface area contributed by atoms with Gasteiger partial charge in [0.2, 0.25) is 17.8 Å². The Kier molecular flexibility index (Phi) is 4.23. The molecule has 0 radical (unpaired) electrons. The quantitative estimate of drug-likeness (QED) is 0.659. The molecule has 1 aromatic heterocycles. The second-order valence-corrected chi connectivity index (χ2v) is 5.06. The lowest BCUT2D eigenvalue weighted by Gasteiger charge is -1.97. The molecule has 94 valence electrons. The van der Waals surface area contributed by atoms with Crippen LogP contribution in [-0.4, -0.2) is 17.5 Å². The highest BCUT2D eigenvalue weighted by molar-refractivity contribution is 7.09. The van der Waals surface area contributed by atoms with Gasteiger partial charge in [0.05, 0.1) is 4.88 Å². The maximum atomic E-state index is 12.1. The highest BCUT2D eigenvalue weighted by Gasteiger charge is 2.18. The van der Waals surface area contributed by atoms with E-state index in [0.717, 1.165) is 16.1 Å². The molecule has 2 aromatic rings. The van der Waals surface area contributed by atoms with E-state index in [1.165, 1.54) is 0 Å². The number of nitrogens with zero attached hydrogens (tertiary/aromatic N) is 1. The number of aliphatic hydroxyl groups excluding tert-OH is 1. The largest absolute Gasteiger partial charge is 0.396 e. The number of carbonyl (C=O) groups is 1. The fraction of sp³-hybridized carbons (Fsp3) is 0.286. The molecule has 0 fully saturated rings. The van der Waals surface area contributed by atoms with E-state index < -0.39 is 0 Å². The number of carbonyl (C=O) groups excluding carboxylic acids is 1. The summed E-state index contributed by atoms with van der Waals surface area (Å²) < 4.78 is 1.95. The Morgan fingerprint density at radius 2 is 2.06 bits per heavy atom. The second kappa shape index (κ2) is 5.89. The summed E-state index contributed by atoms with van der Waals surface area (Å²) in [6, 6.07) is 9.31. The number of benzene rings is 1. The summed E-state index contributed by atoms with van der Waals surface area (Å²) in [4.78, 5) is 13.2. The minimum Gasteiger partial charge on any atom is -0.396 e. The molecule has 4 heteroatoms. The van der Waals surface area contributed by atoms with Crippen LogP contribution in [0.15, 0.2) is 35.8 Å². The predicted molar refractivity (Wildman–Crippen MR) is 70.8 cm³/mol. The van der Waals surface area contributed by atoms with E-state index in [9.17, 15) is 4.79 Å². The Labute approximate surface area is 110 Å². The lowest BCUT2D eigenvalue weighted by Crippen LogP contribution is -2.38. The van der Waals surface area contributed by atoms with Crippen molar-refractivity contribution in [3.63, 3.8) is 0 Å². The zero-order valence-electron chi connectivity index (χ0n) is 10.3. The average molecular weight is 262 g/mol. The third-order valence-corrected chi connectivity index (χ3v) is 4.05. The number of aliphatic hydroxyl groups is 1. The molecule has 3 nitrogen and oxygen atoms in total. The van der Waals surface area contributed by atoms with E-state index in [0.29, 0.717) is 13.0 Å². The Hall–Kier alpha value is -1.52. The monoisotopic (exact) mass is 262 g/mol. The summed E-state index contributed by atoms with van der Waals surface area (Å²) in [5, 5.41) is 8.94. The van der Waals surface area contributed by atoms with Crippen LogP contribution in [0.4, 0.5) is 0 Å². The zero-order chi connectivity index (χ0) is 13.0. The lowest BCUT2D eigenvalue weighted by molar-refractivity contribution is -0.684. The van der Waals surface area contributed by atoms with E-state index in [1.807, 2.05) is 47.3 Å². The molecule has 18 heavy (non-hydrogen) atoms. The van der Waals surface area contributed by atoms with Crippen molar-refractivity contribution < 1.29 is 14.5 Å². The Morgan fingerprint density at radius 1 is 1.33 bits per heavy atom. The van der Waals surface area contributed by atoms with E-state index in [1.54, 1.807) is 11.3 Å². The summed E-state index contributed by atoms with van der Waals surface area (Å²) >= 11 is 1.59. The van der Waals surface area contributed by atoms with Gasteiger partial charge >= 0.3 is 0 Å². The average Bonchev–Trinajstić information content (AvgIpc) is 2.73. The molecule has 0 bridgehead atoms. The third-order valence-electron chi connectivity index (χ3n) is 2.91. The van der Waals surface area contributed by atoms with Crippen LogP contribution in [0.1, 0.15) is 20.9 Å². The molecular weight excluding hydrogens is 246 g/mol. The normalized spacial score (nSPS) is 10.6. The van der Waals surface area contributed by atoms with E-state index >= 15 is 0 Å². The van der Waals surface area contributed by atoms with Crippen molar-refractivity contribution in [2.24, 2.45) is 0 Å². The maximum absolute atomic E-state index is 12.1. The van der Waals surface area contributed by atoms with Crippen LogP contribution in [0, 0.1) is 6.92 Å². The van der Waals surface area contributed by atoms with Crippen molar-refractivity contribution in [3.05, 3.63) is 52.0 Å². The van der Waals surface area contributed by atoms with Crippen LogP contribution in [0.5, 0.6) is 0 Å². The SMILES string of the molecule is Cc1c(CCO)sc[n+]1CC(=O)c1ccccc1. The summed E-state index contributed by atoms with van der Waals surface area (Å²) in [6.45, 7) is 2.49. The van der Waals surface area contributed by atoms with Gasteiger partial charge in [-0.05, 0) is 0 Å². The first kappa shape index (κ1) is 12.9. The minimum atomic E-state index is 0.108. The van der Waals surface area contributed by atoms with Crippen molar-refractivity contribution in [3.8, 4) is 0 Å². The van der Waals surface area contributed by atoms with Gasteiger partial charge in [-0.3, -0.25) is 4.79 Å². The lowest BCUT2D eigenvalue weighted by atomic mass is 10.1. The molecular formula is C14H16NO2S+. The maximum Gasteiger partial charge on any atom is 0.227 e. The van der Waals surface area contributed by atoms with Crippen molar-refractivity contribution >= 4 is 17.1 Å². The van der Waals surface area contributed by atoms with Gasteiger partial charge in [0.15, 0.2) is 5.69 Å². The molecule has 0 amide bonds. The number of ketones is 1. The minimum absolute atomic E-state index is 0.108. The van der Waals surface area contributed by atoms with Crippen LogP contribution >= 0.6 is 11.3 Å². The van der Waals surface area contributed by atoms with Gasteiger partial charge in [-0.1, -0.05) is 41.7 Å². The molecule has 0 saturated carbocycles. The first-order valence-electron chi connectivity index (χ1n) is 5.88. The van der Waals surface area contributed by atoms with Gasteiger partial charge < -0.3 is 5.11 Å². The molecule has 0 aliphatic heterocycles. The Morgan fingerprint density at radius 3 is 2.72 bits per heavy atom. The fourth-order valence-electron chi connectivity index (χ4n) is 1.82. The van der Waals surface area contributed by atoms with E-state index in [2.05, 4.69) is 0 Å². The standard InChI is InChI=1S/C14H16NO2S/c1-11-14(7-8-16)18-10-15(11)9-13(17)12-5-3-2-4-6-12/h2-6,10,16H,7-9H2,1H3/q+1. The zero-order valence-corrected chi connectivity index (χ0v) is 11.1. The number of aromatic nitrogens is 1. The summed E-state index contributed by atoms with van der Waals surface area (Å²) in [7, 11) is 0. The molecule has 0 unspecified atom stereocenters. The molecule has 2 rings (SSSR count). The number of thiazole rings is 1. The van der Waals surface area contributed by atoms with Crippen molar-refractivity contribution in [1.29, 1.82) is 0 Å². The molecule has 0 aliphatic carbocycles. The second-order valence-electron chi connectivity index (χ2n) is 4.12. The molecule has 1 heterocycles. The molecule has 0 spiro atoms. The van der Waals surface area contributed by atoms with Gasteiger partial charge in [-0.25, -0.2) is 0 Å². The highest BCUT2D eigenvalue weighted by atomic mass is 32.1. The van der Waals surface area contributed by atoms with Gasteiger partial charge in [-0.15, -0.1) is 0 Å². The van der Waals surface area contributed by atoms with Crippen molar-refractivity contribution in [2.75, 3.05) is 6.61 Å². The number of rotatable bonds is 5. The van der Waals surface area contributed by atoms with Gasteiger partial charge in [0.25, 0.3) is 0 Å². The molecule has 1 N–H and O–H groups in total. The Balaban J connectivity index is 2.13. The third kappa shape index (κ3) is 2.83. The summed E-state index contributed by atoms with van der Waals surface area (Å²) in [6.07, 6.45) is 0.656. The molecule has 0 atom stereocenters. The molecule has 0 aliphatic rings. The van der Waals surface area contributed by atoms with Crippen LogP contribution in [0.25, 0.3) is 0 Å². The molecule has 1 aromatic carbocycles. The highest BCUT2D eigenvalue weighted by Crippen LogP contribution is 2.11. The number of hydrogen-bond acceptors (Lipinski definition) is 3. The summed E-state index contributed by atoms with van der Waals surface area (Å²) in [5.74, 6) is 0.108.